The molecular formula is C16H27NO. The predicted molar refractivity (Wildman–Crippen MR) is 77.7 cm³/mol. The average Bonchev–Trinajstić information content (AvgIpc) is 2.33. The lowest BCUT2D eigenvalue weighted by atomic mass is 10.0. The fourth-order valence-electron chi connectivity index (χ4n) is 2.21. The Labute approximate surface area is 112 Å². The van der Waals surface area contributed by atoms with Crippen molar-refractivity contribution >= 4 is 0 Å². The van der Waals surface area contributed by atoms with Gasteiger partial charge in [0.25, 0.3) is 0 Å². The summed E-state index contributed by atoms with van der Waals surface area (Å²) in [4.78, 5) is 0. The van der Waals surface area contributed by atoms with E-state index in [-0.39, 0.29) is 6.04 Å². The van der Waals surface area contributed by atoms with Gasteiger partial charge in [0.15, 0.2) is 0 Å². The van der Waals surface area contributed by atoms with Crippen LogP contribution in [0.3, 0.4) is 0 Å². The molecule has 2 N–H and O–H groups in total. The Morgan fingerprint density at radius 1 is 1.00 bits per heavy atom. The van der Waals surface area contributed by atoms with Crippen molar-refractivity contribution in [2.24, 2.45) is 11.7 Å². The molecule has 0 saturated heterocycles. The molecular weight excluding hydrogens is 222 g/mol. The van der Waals surface area contributed by atoms with Crippen LogP contribution >= 0.6 is 0 Å². The molecule has 0 aliphatic rings. The second-order valence-corrected chi connectivity index (χ2v) is 5.25. The molecule has 0 fully saturated rings. The van der Waals surface area contributed by atoms with Crippen LogP contribution in [0.25, 0.3) is 0 Å². The molecule has 1 atom stereocenters. The minimum Gasteiger partial charge on any atom is -0.379 e. The Morgan fingerprint density at radius 2 is 1.56 bits per heavy atom. The first kappa shape index (κ1) is 15.2. The minimum atomic E-state index is -0.0158. The molecule has 0 aromatic heterocycles. The molecule has 18 heavy (non-hydrogen) atoms. The second-order valence-electron chi connectivity index (χ2n) is 5.25. The molecule has 0 heterocycles. The highest BCUT2D eigenvalue weighted by atomic mass is 16.5. The summed E-state index contributed by atoms with van der Waals surface area (Å²) >= 11 is 0. The standard InChI is InChI=1S/C16H27NO/c1-5-14(6-2)10-18-11-16(17)15-8-12(3)7-13(4)9-15/h7-9,14,16H,5-6,10-11,17H2,1-4H3. The van der Waals surface area contributed by atoms with Crippen LogP contribution in [0.4, 0.5) is 0 Å². The Bertz CT molecular complexity index is 338. The van der Waals surface area contributed by atoms with Gasteiger partial charge in [-0.05, 0) is 25.3 Å². The topological polar surface area (TPSA) is 35.2 Å². The van der Waals surface area contributed by atoms with Gasteiger partial charge in [-0.3, -0.25) is 0 Å². The highest BCUT2D eigenvalue weighted by Crippen LogP contribution is 2.16. The van der Waals surface area contributed by atoms with E-state index in [1.165, 1.54) is 29.5 Å². The average molecular weight is 249 g/mol. The van der Waals surface area contributed by atoms with E-state index in [1.54, 1.807) is 0 Å². The van der Waals surface area contributed by atoms with Crippen LogP contribution in [0, 0.1) is 19.8 Å². The zero-order valence-corrected chi connectivity index (χ0v) is 12.2. The van der Waals surface area contributed by atoms with Gasteiger partial charge in [0.2, 0.25) is 0 Å². The van der Waals surface area contributed by atoms with Gasteiger partial charge in [-0.15, -0.1) is 0 Å². The number of nitrogens with two attached hydrogens (primary N) is 1. The van der Waals surface area contributed by atoms with Crippen molar-refractivity contribution in [3.8, 4) is 0 Å². The van der Waals surface area contributed by atoms with E-state index >= 15 is 0 Å². The van der Waals surface area contributed by atoms with Gasteiger partial charge in [0.05, 0.1) is 12.6 Å². The molecule has 0 bridgehead atoms. The second kappa shape index (κ2) is 7.55. The first-order valence-electron chi connectivity index (χ1n) is 6.98. The van der Waals surface area contributed by atoms with Gasteiger partial charge in [-0.2, -0.15) is 0 Å². The normalized spacial score (nSPS) is 13.0. The number of ether oxygens (including phenoxy) is 1. The van der Waals surface area contributed by atoms with Crippen LogP contribution in [0.15, 0.2) is 18.2 Å². The van der Waals surface area contributed by atoms with Crippen LogP contribution in [-0.4, -0.2) is 13.2 Å². The van der Waals surface area contributed by atoms with Crippen molar-refractivity contribution < 1.29 is 4.74 Å². The molecule has 1 aromatic carbocycles. The molecule has 0 aliphatic heterocycles. The largest absolute Gasteiger partial charge is 0.379 e. The van der Waals surface area contributed by atoms with Crippen molar-refractivity contribution in [3.05, 3.63) is 34.9 Å². The zero-order chi connectivity index (χ0) is 13.5. The molecule has 0 saturated carbocycles. The van der Waals surface area contributed by atoms with Crippen LogP contribution < -0.4 is 5.73 Å². The Morgan fingerprint density at radius 3 is 2.06 bits per heavy atom. The third-order valence-electron chi connectivity index (χ3n) is 3.48. The van der Waals surface area contributed by atoms with Gasteiger partial charge in [0, 0.05) is 6.61 Å². The number of rotatable bonds is 7. The van der Waals surface area contributed by atoms with Gasteiger partial charge < -0.3 is 10.5 Å². The van der Waals surface area contributed by atoms with Crippen molar-refractivity contribution in [2.75, 3.05) is 13.2 Å². The van der Waals surface area contributed by atoms with E-state index < -0.39 is 0 Å². The van der Waals surface area contributed by atoms with E-state index in [1.807, 2.05) is 0 Å². The van der Waals surface area contributed by atoms with Crippen molar-refractivity contribution in [3.63, 3.8) is 0 Å². The monoisotopic (exact) mass is 249 g/mol. The fraction of sp³-hybridized carbons (Fsp3) is 0.625. The highest BCUT2D eigenvalue weighted by molar-refractivity contribution is 5.30. The first-order valence-corrected chi connectivity index (χ1v) is 6.98. The summed E-state index contributed by atoms with van der Waals surface area (Å²) in [5.74, 6) is 0.663. The van der Waals surface area contributed by atoms with Crippen molar-refractivity contribution in [1.29, 1.82) is 0 Å². The van der Waals surface area contributed by atoms with Gasteiger partial charge in [-0.1, -0.05) is 56.0 Å². The number of aryl methyl sites for hydroxylation is 2. The Kier molecular flexibility index (Phi) is 6.37. The van der Waals surface area contributed by atoms with E-state index in [9.17, 15) is 0 Å². The molecule has 102 valence electrons. The van der Waals surface area contributed by atoms with E-state index in [0.29, 0.717) is 12.5 Å². The van der Waals surface area contributed by atoms with Crippen LogP contribution in [0.2, 0.25) is 0 Å². The molecule has 0 amide bonds. The minimum absolute atomic E-state index is 0.0158. The quantitative estimate of drug-likeness (QED) is 0.798. The molecule has 1 rings (SSSR count). The lowest BCUT2D eigenvalue weighted by molar-refractivity contribution is 0.0860. The SMILES string of the molecule is CCC(CC)COCC(N)c1cc(C)cc(C)c1. The Balaban J connectivity index is 2.47. The molecule has 2 heteroatoms. The summed E-state index contributed by atoms with van der Waals surface area (Å²) in [7, 11) is 0. The summed E-state index contributed by atoms with van der Waals surface area (Å²) < 4.78 is 5.75. The lowest BCUT2D eigenvalue weighted by Crippen LogP contribution is -2.19. The maximum absolute atomic E-state index is 6.18. The van der Waals surface area contributed by atoms with E-state index in [4.69, 9.17) is 10.5 Å². The maximum Gasteiger partial charge on any atom is 0.0659 e. The molecule has 1 aromatic rings. The third kappa shape index (κ3) is 4.79. The molecule has 0 spiro atoms. The number of hydrogen-bond donors (Lipinski definition) is 1. The Hall–Kier alpha value is -0.860. The number of hydrogen-bond acceptors (Lipinski definition) is 2. The predicted octanol–water partition coefficient (Wildman–Crippen LogP) is 3.76. The summed E-state index contributed by atoms with van der Waals surface area (Å²) in [6.45, 7) is 10.1. The van der Waals surface area contributed by atoms with E-state index in [0.717, 1.165) is 6.61 Å². The van der Waals surface area contributed by atoms with Crippen LogP contribution in [0.1, 0.15) is 49.4 Å². The van der Waals surface area contributed by atoms with Gasteiger partial charge in [-0.25, -0.2) is 0 Å². The van der Waals surface area contributed by atoms with Gasteiger partial charge in [0.1, 0.15) is 0 Å². The smallest absolute Gasteiger partial charge is 0.0659 e. The molecule has 0 aliphatic carbocycles. The van der Waals surface area contributed by atoms with Crippen LogP contribution in [0.5, 0.6) is 0 Å². The van der Waals surface area contributed by atoms with Crippen molar-refractivity contribution in [1.82, 2.24) is 0 Å². The zero-order valence-electron chi connectivity index (χ0n) is 12.2. The van der Waals surface area contributed by atoms with Gasteiger partial charge >= 0.3 is 0 Å². The van der Waals surface area contributed by atoms with E-state index in [2.05, 4.69) is 45.9 Å². The van der Waals surface area contributed by atoms with Crippen LogP contribution in [-0.2, 0) is 4.74 Å². The summed E-state index contributed by atoms with van der Waals surface area (Å²) in [5, 5.41) is 0. The van der Waals surface area contributed by atoms with Crippen molar-refractivity contribution in [2.45, 2.75) is 46.6 Å². The highest BCUT2D eigenvalue weighted by Gasteiger charge is 2.09. The lowest BCUT2D eigenvalue weighted by Gasteiger charge is -2.17. The summed E-state index contributed by atoms with van der Waals surface area (Å²) in [6.07, 6.45) is 2.35. The first-order chi connectivity index (χ1) is 8.56. The molecule has 1 unspecified atom stereocenters. The summed E-state index contributed by atoms with van der Waals surface area (Å²) in [5.41, 5.74) is 9.88. The molecule has 0 radical (unpaired) electrons. The molecule has 2 nitrogen and oxygen atoms in total. The third-order valence-corrected chi connectivity index (χ3v) is 3.48. The summed E-state index contributed by atoms with van der Waals surface area (Å²) in [6, 6.07) is 6.45. The fourth-order valence-corrected chi connectivity index (χ4v) is 2.21. The maximum atomic E-state index is 6.18. The number of benzene rings is 1.